The summed E-state index contributed by atoms with van der Waals surface area (Å²) in [6, 6.07) is 89.8. The second-order valence-corrected chi connectivity index (χ2v) is 33.9. The molecule has 0 aliphatic carbocycles. The first-order valence-electron chi connectivity index (χ1n) is 48.6. The normalized spacial score (nSPS) is 20.0. The summed E-state index contributed by atoms with van der Waals surface area (Å²) in [7, 11) is 4.88. The lowest BCUT2D eigenvalue weighted by Gasteiger charge is -2.45. The molecule has 6 unspecified atom stereocenters. The van der Waals surface area contributed by atoms with Crippen LogP contribution >= 0.6 is 0 Å². The molecule has 0 radical (unpaired) electrons. The van der Waals surface area contributed by atoms with Gasteiger partial charge in [-0.1, -0.05) is 200 Å². The highest BCUT2D eigenvalue weighted by Gasteiger charge is 2.57. The third-order valence-corrected chi connectivity index (χ3v) is 23.2. The minimum atomic E-state index is -1.47. The molecule has 0 saturated carbocycles. The first kappa shape index (κ1) is 111. The molecule has 148 heavy (non-hydrogen) atoms. The van der Waals surface area contributed by atoms with Crippen LogP contribution < -0.4 is 5.32 Å². The largest absolute Gasteiger partial charge is 0.459 e. The second-order valence-electron chi connectivity index (χ2n) is 33.9. The zero-order chi connectivity index (χ0) is 104. The number of ether oxygens (including phenoxy) is 20. The molecule has 1 amide bonds. The number of hydrogen-bond donors (Lipinski definition) is 1. The van der Waals surface area contributed by atoms with Crippen molar-refractivity contribution < 1.29 is 152 Å². The van der Waals surface area contributed by atoms with E-state index in [9.17, 15) is 57.5 Å². The number of unbranched alkanes of at least 4 members (excludes halogenated alkanes) is 6. The van der Waals surface area contributed by atoms with Crippen molar-refractivity contribution in [1.82, 2.24) is 5.32 Å². The lowest BCUT2D eigenvalue weighted by molar-refractivity contribution is -0.298. The van der Waals surface area contributed by atoms with Crippen LogP contribution in [0.15, 0.2) is 334 Å². The Kier molecular flexibility index (Phi) is 45.6. The van der Waals surface area contributed by atoms with Crippen molar-refractivity contribution in [3.63, 3.8) is 0 Å². The fraction of sp³-hybridized carbons (Fsp3) is 0.322. The maximum atomic E-state index is 13.7. The molecule has 1 N–H and O–H groups in total. The zero-order valence-corrected chi connectivity index (χ0v) is 82.2. The van der Waals surface area contributed by atoms with Crippen LogP contribution in [0.1, 0.15) is 179 Å². The van der Waals surface area contributed by atoms with Crippen LogP contribution in [-0.2, 0) is 99.5 Å². The monoisotopic (exact) mass is 2030 g/mol. The van der Waals surface area contributed by atoms with Gasteiger partial charge in [-0.25, -0.2) is 52.7 Å². The van der Waals surface area contributed by atoms with Gasteiger partial charge in [-0.15, -0.1) is 0 Å². The lowest BCUT2D eigenvalue weighted by Crippen LogP contribution is -2.66. The first-order valence-corrected chi connectivity index (χ1v) is 48.6. The highest BCUT2D eigenvalue weighted by atomic mass is 16.8. The summed E-state index contributed by atoms with van der Waals surface area (Å²) in [4.78, 5) is 160. The van der Waals surface area contributed by atoms with Crippen LogP contribution in [0.4, 0.5) is 0 Å². The number of carbonyl (C=O) groups excluding carboxylic acids is 12. The number of nitrogens with one attached hydrogen (secondary N) is 1. The molecule has 0 spiro atoms. The summed E-state index contributed by atoms with van der Waals surface area (Å²) in [5.41, 5.74) is 2.63. The Bertz CT molecular complexity index is 5660. The topological polar surface area (TPSA) is 401 Å². The molecule has 3 aliphatic rings. The summed E-state index contributed by atoms with van der Waals surface area (Å²) in [6.45, 7) is 2.45. The van der Waals surface area contributed by atoms with Crippen molar-refractivity contribution in [2.45, 2.75) is 157 Å². The molecule has 15 atom stereocenters. The molecule has 3 heterocycles. The van der Waals surface area contributed by atoms with E-state index in [1.807, 2.05) is 0 Å². The van der Waals surface area contributed by atoms with Crippen LogP contribution in [0.25, 0.3) is 0 Å². The van der Waals surface area contributed by atoms with E-state index in [0.717, 1.165) is 38.5 Å². The Labute approximate surface area is 857 Å². The highest BCUT2D eigenvalue weighted by Crippen LogP contribution is 2.37. The summed E-state index contributed by atoms with van der Waals surface area (Å²) in [5.74, 6) is -8.43. The Balaban J connectivity index is 0.000000197. The summed E-state index contributed by atoms with van der Waals surface area (Å²) < 4.78 is 118. The molecule has 14 rings (SSSR count). The predicted molar refractivity (Wildman–Crippen MR) is 534 cm³/mol. The van der Waals surface area contributed by atoms with Gasteiger partial charge in [0.05, 0.1) is 61.2 Å². The number of esters is 11. The summed E-state index contributed by atoms with van der Waals surface area (Å²) in [6.07, 6.45) is -11.9. The van der Waals surface area contributed by atoms with E-state index >= 15 is 0 Å². The quantitative estimate of drug-likeness (QED) is 0.0210. The molecule has 11 aromatic rings. The van der Waals surface area contributed by atoms with E-state index in [-0.39, 0.29) is 82.1 Å². The number of rotatable bonds is 47. The molecule has 33 nitrogen and oxygen atoms in total. The van der Waals surface area contributed by atoms with E-state index in [0.29, 0.717) is 44.6 Å². The minimum Gasteiger partial charge on any atom is -0.459 e. The fourth-order valence-electron chi connectivity index (χ4n) is 15.7. The van der Waals surface area contributed by atoms with Crippen LogP contribution in [0, 0.1) is 0 Å². The number of amides is 1. The molecule has 33 heteroatoms. The first-order chi connectivity index (χ1) is 72.2. The molecule has 776 valence electrons. The van der Waals surface area contributed by atoms with Gasteiger partial charge in [0.1, 0.15) is 44.2 Å². The van der Waals surface area contributed by atoms with Gasteiger partial charge in [0.15, 0.2) is 67.7 Å². The average Bonchev–Trinajstić information content (AvgIpc) is 0.779. The Morgan fingerprint density at radius 3 is 0.601 bits per heavy atom. The number of methoxy groups -OCH3 is 3. The van der Waals surface area contributed by atoms with Gasteiger partial charge >= 0.3 is 65.7 Å². The van der Waals surface area contributed by atoms with Crippen LogP contribution in [0.5, 0.6) is 0 Å². The number of carbonyl (C=O) groups is 12. The molecule has 11 aromatic carbocycles. The van der Waals surface area contributed by atoms with Gasteiger partial charge in [0.2, 0.25) is 5.91 Å². The third-order valence-electron chi connectivity index (χ3n) is 23.2. The number of hydrogen-bond acceptors (Lipinski definition) is 32. The maximum Gasteiger partial charge on any atom is 0.338 e. The summed E-state index contributed by atoms with van der Waals surface area (Å²) >= 11 is 0. The van der Waals surface area contributed by atoms with Gasteiger partial charge in [-0.2, -0.15) is 0 Å². The predicted octanol–water partition coefficient (Wildman–Crippen LogP) is 16.5. The fourth-order valence-corrected chi connectivity index (χ4v) is 15.7. The van der Waals surface area contributed by atoms with Crippen LogP contribution in [0.3, 0.4) is 0 Å². The Morgan fingerprint density at radius 1 is 0.209 bits per heavy atom. The minimum absolute atomic E-state index is 0.179. The second kappa shape index (κ2) is 60.6. The molecule has 3 saturated heterocycles. The van der Waals surface area contributed by atoms with Crippen molar-refractivity contribution >= 4 is 71.6 Å². The van der Waals surface area contributed by atoms with E-state index in [1.165, 1.54) is 6.92 Å². The molecule has 3 fully saturated rings. The van der Waals surface area contributed by atoms with Crippen molar-refractivity contribution in [2.24, 2.45) is 0 Å². The van der Waals surface area contributed by atoms with Crippen molar-refractivity contribution in [3.05, 3.63) is 395 Å². The molecule has 3 aliphatic heterocycles. The van der Waals surface area contributed by atoms with E-state index in [1.54, 1.807) is 355 Å². The van der Waals surface area contributed by atoms with Crippen molar-refractivity contribution in [1.29, 1.82) is 0 Å². The molecule has 0 bridgehead atoms. The number of benzene rings is 11. The van der Waals surface area contributed by atoms with Gasteiger partial charge < -0.3 is 100 Å². The maximum absolute atomic E-state index is 13.7. The Hall–Kier alpha value is -15.3. The van der Waals surface area contributed by atoms with Crippen LogP contribution in [0.2, 0.25) is 0 Å². The third kappa shape index (κ3) is 34.7. The lowest BCUT2D eigenvalue weighted by atomic mass is 9.95. The van der Waals surface area contributed by atoms with Gasteiger partial charge in [-0.05, 0) is 191 Å². The zero-order valence-electron chi connectivity index (χ0n) is 82.2. The van der Waals surface area contributed by atoms with E-state index in [2.05, 4.69) is 5.32 Å². The Morgan fingerprint density at radius 2 is 0.385 bits per heavy atom. The van der Waals surface area contributed by atoms with Gasteiger partial charge in [0.25, 0.3) is 0 Å². The van der Waals surface area contributed by atoms with Crippen LogP contribution in [-0.4, -0.2) is 244 Å². The van der Waals surface area contributed by atoms with Crippen molar-refractivity contribution in [3.8, 4) is 0 Å². The summed E-state index contributed by atoms with van der Waals surface area (Å²) in [5, 5.41) is 2.77. The SMILES string of the molecule is COCCCCCO[C@@H]1OC(COC(=O)c2ccccc2)[C@H](OC(=O)c2ccccc2)[C@H](OC(=O)c2ccccc2)C1NC(C)=O.COCCCCCO[C@@H]1OC(COC(=O)c2ccccc2)[C@H](OC(=O)c2ccccc2)[C@H](OC(=O)c2ccccc2)C1OC(=O)c1ccccc1.COCCCCCO[C@H]1OC(COC(=O)c2ccccc2)[C@@H](OC(=O)c2ccccc2)[C@H](OC(=O)c2ccccc2)C1OC(=O)c1ccccc1. The van der Waals surface area contributed by atoms with Gasteiger partial charge in [-0.3, -0.25) is 4.79 Å². The smallest absolute Gasteiger partial charge is 0.338 e. The van der Waals surface area contributed by atoms with Crippen molar-refractivity contribution in [2.75, 3.05) is 80.8 Å². The van der Waals surface area contributed by atoms with E-state index < -0.39 is 177 Å². The highest BCUT2D eigenvalue weighted by molar-refractivity contribution is 5.95. The molecular formula is C115H119NO32. The average molecular weight is 2030 g/mol. The standard InChI is InChI=1S/2C40H40O11.C35H39NO10/c2*1-45-25-15-6-16-26-46-40-35(51-39(44)31-23-13-5-14-24-31)34(50-38(43)30-21-11-4-12-22-30)33(49-37(42)29-19-9-3-10-20-29)32(48-40)27-47-36(41)28-17-7-2-8-18-28;1-24(37)36-29-31(46-34(40)27-19-11-5-12-20-27)30(45-33(39)26-17-9-4-10-18-26)28(23-43-32(38)25-15-7-3-8-16-25)44-35(29)42-22-14-6-13-21-41-2/h2*2-5,7-14,17-24,32-35,40H,6,15-16,25-27H2,1H3;3-5,7-12,15-20,28-31,35H,6,13-14,21-23H2,1-2H3,(H,36,37)/t32?,33-,34+,35?,40+;32?,33-,34-,35?,40+;28?,29?,30-,31+,35+/m100/s1. The van der Waals surface area contributed by atoms with E-state index in [4.69, 9.17) is 94.7 Å². The molecule has 0 aromatic heterocycles. The van der Waals surface area contributed by atoms with Gasteiger partial charge in [0, 0.05) is 67.9 Å². The molecular weight excluding hydrogens is 1910 g/mol.